The Kier molecular flexibility index (Phi) is 6.88. The Hall–Kier alpha value is -2.42. The Bertz CT molecular complexity index is 489. The van der Waals surface area contributed by atoms with Crippen molar-refractivity contribution in [3.63, 3.8) is 0 Å². The number of para-hydroxylation sites is 1. The number of methoxy groups -OCH3 is 2. The molecule has 0 aliphatic heterocycles. The highest BCUT2D eigenvalue weighted by atomic mass is 16.5. The Morgan fingerprint density at radius 2 is 1.90 bits per heavy atom. The van der Waals surface area contributed by atoms with Gasteiger partial charge >= 0.3 is 0 Å². The van der Waals surface area contributed by atoms with E-state index in [4.69, 9.17) is 19.5 Å². The number of carbonyl (C=O) groups is 1. The van der Waals surface area contributed by atoms with E-state index >= 15 is 0 Å². The van der Waals surface area contributed by atoms with Crippen LogP contribution in [0.1, 0.15) is 12.8 Å². The van der Waals surface area contributed by atoms with Gasteiger partial charge in [0.2, 0.25) is 11.7 Å². The third-order valence-corrected chi connectivity index (χ3v) is 2.93. The second-order valence-corrected chi connectivity index (χ2v) is 4.31. The van der Waals surface area contributed by atoms with Crippen molar-refractivity contribution in [3.8, 4) is 23.3 Å². The minimum atomic E-state index is -0.0703. The zero-order valence-electron chi connectivity index (χ0n) is 12.6. The predicted octanol–water partition coefficient (Wildman–Crippen LogP) is 1.84. The molecule has 0 bridgehead atoms. The number of carbonyl (C=O) groups excluding carboxylic acids is 1. The molecule has 0 aliphatic rings. The highest BCUT2D eigenvalue weighted by Gasteiger charge is 2.13. The lowest BCUT2D eigenvalue weighted by atomic mass is 10.3. The van der Waals surface area contributed by atoms with E-state index in [0.717, 1.165) is 0 Å². The summed E-state index contributed by atoms with van der Waals surface area (Å²) in [5.74, 6) is 1.52. The van der Waals surface area contributed by atoms with E-state index in [9.17, 15) is 4.79 Å². The first kappa shape index (κ1) is 16.6. The molecule has 0 fully saturated rings. The quantitative estimate of drug-likeness (QED) is 0.731. The van der Waals surface area contributed by atoms with Gasteiger partial charge in [0.1, 0.15) is 0 Å². The van der Waals surface area contributed by atoms with Gasteiger partial charge in [-0.25, -0.2) is 0 Å². The van der Waals surface area contributed by atoms with Gasteiger partial charge in [0.05, 0.1) is 39.7 Å². The summed E-state index contributed by atoms with van der Waals surface area (Å²) in [6.07, 6.45) is 0.548. The van der Waals surface area contributed by atoms with Crippen molar-refractivity contribution in [1.29, 1.82) is 5.26 Å². The molecule has 0 aromatic heterocycles. The van der Waals surface area contributed by atoms with E-state index < -0.39 is 0 Å². The molecule has 1 rings (SSSR count). The van der Waals surface area contributed by atoms with Crippen LogP contribution in [0.15, 0.2) is 18.2 Å². The SMILES string of the molecule is COc1cccc(OC)c1OCCC(=O)N(C)CCC#N. The van der Waals surface area contributed by atoms with Crippen LogP contribution in [-0.2, 0) is 4.79 Å². The normalized spacial score (nSPS) is 9.62. The molecule has 1 amide bonds. The molecule has 0 unspecified atom stereocenters. The molecule has 0 saturated carbocycles. The summed E-state index contributed by atoms with van der Waals surface area (Å²) in [6, 6.07) is 7.33. The average molecular weight is 292 g/mol. The average Bonchev–Trinajstić information content (AvgIpc) is 2.52. The van der Waals surface area contributed by atoms with Crippen LogP contribution >= 0.6 is 0 Å². The van der Waals surface area contributed by atoms with Crippen LogP contribution in [0.25, 0.3) is 0 Å². The van der Waals surface area contributed by atoms with Gasteiger partial charge in [-0.3, -0.25) is 4.79 Å². The first-order valence-electron chi connectivity index (χ1n) is 6.58. The van der Waals surface area contributed by atoms with Crippen LogP contribution < -0.4 is 14.2 Å². The van der Waals surface area contributed by atoms with E-state index in [-0.39, 0.29) is 18.9 Å². The molecule has 0 spiro atoms. The molecule has 0 heterocycles. The lowest BCUT2D eigenvalue weighted by Gasteiger charge is -2.17. The summed E-state index contributed by atoms with van der Waals surface area (Å²) in [6.45, 7) is 0.639. The third kappa shape index (κ3) is 4.88. The van der Waals surface area contributed by atoms with Crippen molar-refractivity contribution in [3.05, 3.63) is 18.2 Å². The zero-order chi connectivity index (χ0) is 15.7. The summed E-state index contributed by atoms with van der Waals surface area (Å²) in [7, 11) is 4.76. The summed E-state index contributed by atoms with van der Waals surface area (Å²) in [5.41, 5.74) is 0. The molecule has 0 radical (unpaired) electrons. The topological polar surface area (TPSA) is 71.8 Å². The number of hydrogen-bond acceptors (Lipinski definition) is 5. The van der Waals surface area contributed by atoms with Crippen molar-refractivity contribution in [1.82, 2.24) is 4.90 Å². The molecule has 0 aliphatic carbocycles. The van der Waals surface area contributed by atoms with E-state index in [1.807, 2.05) is 6.07 Å². The highest BCUT2D eigenvalue weighted by molar-refractivity contribution is 5.76. The lowest BCUT2D eigenvalue weighted by molar-refractivity contribution is -0.130. The van der Waals surface area contributed by atoms with E-state index in [0.29, 0.717) is 30.2 Å². The molecule has 6 heteroatoms. The molecule has 6 nitrogen and oxygen atoms in total. The van der Waals surface area contributed by atoms with Gasteiger partial charge in [0, 0.05) is 13.6 Å². The van der Waals surface area contributed by atoms with Crippen LogP contribution in [0.2, 0.25) is 0 Å². The largest absolute Gasteiger partial charge is 0.493 e. The Balaban J connectivity index is 2.56. The number of nitriles is 1. The highest BCUT2D eigenvalue weighted by Crippen LogP contribution is 2.36. The number of amides is 1. The fourth-order valence-corrected chi connectivity index (χ4v) is 1.73. The van der Waals surface area contributed by atoms with Crippen LogP contribution in [0, 0.1) is 11.3 Å². The molecule has 1 aromatic rings. The third-order valence-electron chi connectivity index (χ3n) is 2.93. The molecule has 0 N–H and O–H groups in total. The van der Waals surface area contributed by atoms with Crippen molar-refractivity contribution in [2.45, 2.75) is 12.8 Å². The Morgan fingerprint density at radius 1 is 1.29 bits per heavy atom. The van der Waals surface area contributed by atoms with E-state index in [1.165, 1.54) is 4.90 Å². The lowest BCUT2D eigenvalue weighted by Crippen LogP contribution is -2.28. The van der Waals surface area contributed by atoms with Gasteiger partial charge in [-0.2, -0.15) is 5.26 Å². The van der Waals surface area contributed by atoms with Crippen LogP contribution in [0.4, 0.5) is 0 Å². The summed E-state index contributed by atoms with van der Waals surface area (Å²) >= 11 is 0. The number of nitrogens with zero attached hydrogens (tertiary/aromatic N) is 2. The van der Waals surface area contributed by atoms with Gasteiger partial charge in [-0.1, -0.05) is 6.07 Å². The predicted molar refractivity (Wildman–Crippen MR) is 77.5 cm³/mol. The van der Waals surface area contributed by atoms with Crippen LogP contribution in [-0.4, -0.2) is 45.2 Å². The first-order valence-corrected chi connectivity index (χ1v) is 6.58. The molecule has 114 valence electrons. The number of benzene rings is 1. The van der Waals surface area contributed by atoms with Gasteiger partial charge in [0.25, 0.3) is 0 Å². The molecule has 1 aromatic carbocycles. The van der Waals surface area contributed by atoms with E-state index in [1.54, 1.807) is 39.5 Å². The maximum absolute atomic E-state index is 11.8. The van der Waals surface area contributed by atoms with Crippen LogP contribution in [0.3, 0.4) is 0 Å². The van der Waals surface area contributed by atoms with Crippen molar-refractivity contribution in [2.75, 3.05) is 34.4 Å². The number of rotatable bonds is 8. The van der Waals surface area contributed by atoms with Crippen LogP contribution in [0.5, 0.6) is 17.2 Å². The minimum Gasteiger partial charge on any atom is -0.493 e. The van der Waals surface area contributed by atoms with Gasteiger partial charge < -0.3 is 19.1 Å². The fourth-order valence-electron chi connectivity index (χ4n) is 1.73. The Labute approximate surface area is 124 Å². The van der Waals surface area contributed by atoms with Gasteiger partial charge in [-0.15, -0.1) is 0 Å². The second-order valence-electron chi connectivity index (χ2n) is 4.31. The summed E-state index contributed by atoms with van der Waals surface area (Å²) in [4.78, 5) is 13.3. The van der Waals surface area contributed by atoms with Crippen molar-refractivity contribution >= 4 is 5.91 Å². The first-order chi connectivity index (χ1) is 10.1. The van der Waals surface area contributed by atoms with Gasteiger partial charge in [-0.05, 0) is 12.1 Å². The standard InChI is InChI=1S/C15H20N2O4/c1-17(10-5-9-16)14(18)8-11-21-15-12(19-2)6-4-7-13(15)20-3/h4,6-7H,5,8,10-11H2,1-3H3. The minimum absolute atomic E-state index is 0.0703. The van der Waals surface area contributed by atoms with E-state index in [2.05, 4.69) is 0 Å². The maximum Gasteiger partial charge on any atom is 0.225 e. The van der Waals surface area contributed by atoms with Crippen molar-refractivity contribution < 1.29 is 19.0 Å². The monoisotopic (exact) mass is 292 g/mol. The summed E-state index contributed by atoms with van der Waals surface area (Å²) < 4.78 is 16.0. The maximum atomic E-state index is 11.8. The molecule has 0 saturated heterocycles. The smallest absolute Gasteiger partial charge is 0.225 e. The Morgan fingerprint density at radius 3 is 2.43 bits per heavy atom. The summed E-state index contributed by atoms with van der Waals surface area (Å²) in [5, 5.41) is 8.50. The van der Waals surface area contributed by atoms with Crippen molar-refractivity contribution in [2.24, 2.45) is 0 Å². The van der Waals surface area contributed by atoms with Gasteiger partial charge in [0.15, 0.2) is 11.5 Å². The molecule has 0 atom stereocenters. The zero-order valence-corrected chi connectivity index (χ0v) is 12.6. The fraction of sp³-hybridized carbons (Fsp3) is 0.467. The number of hydrogen-bond donors (Lipinski definition) is 0. The molecular formula is C15H20N2O4. The molecule has 21 heavy (non-hydrogen) atoms. The molecular weight excluding hydrogens is 272 g/mol. The number of ether oxygens (including phenoxy) is 3. The second kappa shape index (κ2) is 8.69.